The summed E-state index contributed by atoms with van der Waals surface area (Å²) in [6.45, 7) is 3.61. The summed E-state index contributed by atoms with van der Waals surface area (Å²) in [5.41, 5.74) is 0.914. The number of aliphatic hydroxyl groups is 2. The first-order valence-corrected chi connectivity index (χ1v) is 12.7. The molecule has 8 atom stereocenters. The average molecular weight is 479 g/mol. The number of allylic oxidation sites excluding steroid dienone is 4. The zero-order chi connectivity index (χ0) is 25.0. The third-order valence-corrected chi connectivity index (χ3v) is 9.58. The minimum absolute atomic E-state index is 0.0123. The van der Waals surface area contributed by atoms with Crippen molar-refractivity contribution >= 4 is 17.5 Å². The molecule has 6 nitrogen and oxygen atoms in total. The van der Waals surface area contributed by atoms with E-state index in [1.807, 2.05) is 43.3 Å². The molecule has 4 aliphatic carbocycles. The standard InChI is InChI=1S/C29H34O6/c1-28-11-10-19(31)12-18(28)8-9-20-22-13-21(27(34)35-16-17-6-4-3-5-7-17)26(24(33)15-30)29(22,2)14-23(32)25(20)28/h3-7,10-12,20-23,25-26,30,32H,8-9,13-16H2,1-2H3/t20?,21-,22?,23+,25?,26-,28+,29+/m1/s1. The van der Waals surface area contributed by atoms with Crippen molar-refractivity contribution in [2.24, 2.45) is 40.4 Å². The van der Waals surface area contributed by atoms with Crippen LogP contribution in [0.4, 0.5) is 0 Å². The summed E-state index contributed by atoms with van der Waals surface area (Å²) < 4.78 is 5.68. The molecule has 0 heterocycles. The molecule has 186 valence electrons. The molecule has 3 fully saturated rings. The Kier molecular flexibility index (Phi) is 6.09. The Morgan fingerprint density at radius 3 is 2.63 bits per heavy atom. The largest absolute Gasteiger partial charge is 0.461 e. The van der Waals surface area contributed by atoms with Crippen molar-refractivity contribution < 1.29 is 29.3 Å². The smallest absolute Gasteiger partial charge is 0.310 e. The fourth-order valence-corrected chi connectivity index (χ4v) is 8.13. The van der Waals surface area contributed by atoms with E-state index in [1.54, 1.807) is 12.2 Å². The van der Waals surface area contributed by atoms with Crippen LogP contribution in [-0.2, 0) is 25.7 Å². The van der Waals surface area contributed by atoms with E-state index < -0.39 is 41.3 Å². The third-order valence-electron chi connectivity index (χ3n) is 9.58. The van der Waals surface area contributed by atoms with E-state index in [9.17, 15) is 24.6 Å². The zero-order valence-electron chi connectivity index (χ0n) is 20.4. The van der Waals surface area contributed by atoms with Gasteiger partial charge in [-0.2, -0.15) is 0 Å². The summed E-state index contributed by atoms with van der Waals surface area (Å²) >= 11 is 0. The van der Waals surface area contributed by atoms with E-state index >= 15 is 0 Å². The van der Waals surface area contributed by atoms with Gasteiger partial charge < -0.3 is 14.9 Å². The summed E-state index contributed by atoms with van der Waals surface area (Å²) in [6.07, 6.45) is 7.03. The Balaban J connectivity index is 1.45. The molecule has 0 aliphatic heterocycles. The highest BCUT2D eigenvalue weighted by atomic mass is 16.5. The van der Waals surface area contributed by atoms with Crippen LogP contribution in [0.5, 0.6) is 0 Å². The SMILES string of the molecule is C[C@]12C=CC(=O)C=C1CCC1C2[C@@H](O)C[C@@]2(C)C1C[C@@H](C(=O)OCc1ccccc1)[C@@H]2C(=O)CO. The number of esters is 1. The molecular weight excluding hydrogens is 444 g/mol. The van der Waals surface area contributed by atoms with Crippen LogP contribution in [0.15, 0.2) is 54.1 Å². The molecule has 0 aromatic heterocycles. The highest BCUT2D eigenvalue weighted by Crippen LogP contribution is 2.67. The van der Waals surface area contributed by atoms with E-state index in [0.717, 1.165) is 24.0 Å². The summed E-state index contributed by atoms with van der Waals surface area (Å²) in [6, 6.07) is 9.43. The molecule has 0 saturated heterocycles. The topological polar surface area (TPSA) is 101 Å². The number of carbonyl (C=O) groups excluding carboxylic acids is 3. The molecule has 5 rings (SSSR count). The van der Waals surface area contributed by atoms with E-state index in [2.05, 4.69) is 6.92 Å². The molecule has 0 amide bonds. The molecule has 3 unspecified atom stereocenters. The first-order chi connectivity index (χ1) is 16.7. The van der Waals surface area contributed by atoms with E-state index in [1.165, 1.54) is 0 Å². The number of ether oxygens (including phenoxy) is 1. The molecule has 35 heavy (non-hydrogen) atoms. The minimum Gasteiger partial charge on any atom is -0.461 e. The lowest BCUT2D eigenvalue weighted by Gasteiger charge is -2.58. The molecule has 0 radical (unpaired) electrons. The van der Waals surface area contributed by atoms with E-state index in [4.69, 9.17) is 4.74 Å². The molecule has 0 bridgehead atoms. The van der Waals surface area contributed by atoms with E-state index in [-0.39, 0.29) is 35.9 Å². The van der Waals surface area contributed by atoms with Crippen molar-refractivity contribution in [1.82, 2.24) is 0 Å². The van der Waals surface area contributed by atoms with Crippen LogP contribution in [0, 0.1) is 40.4 Å². The lowest BCUT2D eigenvalue weighted by Crippen LogP contribution is -2.56. The molecule has 3 saturated carbocycles. The number of carbonyl (C=O) groups is 3. The van der Waals surface area contributed by atoms with Crippen LogP contribution >= 0.6 is 0 Å². The van der Waals surface area contributed by atoms with Crippen LogP contribution in [0.1, 0.15) is 45.1 Å². The van der Waals surface area contributed by atoms with Crippen LogP contribution in [0.25, 0.3) is 0 Å². The van der Waals surface area contributed by atoms with Crippen molar-refractivity contribution in [2.75, 3.05) is 6.61 Å². The summed E-state index contributed by atoms with van der Waals surface area (Å²) in [5, 5.41) is 21.3. The Hall–Kier alpha value is -2.57. The van der Waals surface area contributed by atoms with Crippen LogP contribution < -0.4 is 0 Å². The van der Waals surface area contributed by atoms with Crippen molar-refractivity contribution in [1.29, 1.82) is 0 Å². The van der Waals surface area contributed by atoms with Crippen molar-refractivity contribution in [3.05, 3.63) is 59.7 Å². The average Bonchev–Trinajstić information content (AvgIpc) is 3.15. The second-order valence-electron chi connectivity index (χ2n) is 11.3. The first kappa shape index (κ1) is 24.1. The number of hydrogen-bond donors (Lipinski definition) is 2. The summed E-state index contributed by atoms with van der Waals surface area (Å²) in [7, 11) is 0. The number of Topliss-reactive ketones (excluding diaryl/α,β-unsaturated/α-hetero) is 1. The second-order valence-corrected chi connectivity index (χ2v) is 11.3. The molecular formula is C29H34O6. The number of ketones is 2. The number of fused-ring (bicyclic) bond motifs is 5. The molecule has 4 aliphatic rings. The summed E-state index contributed by atoms with van der Waals surface area (Å²) in [4.78, 5) is 38.4. The fourth-order valence-electron chi connectivity index (χ4n) is 8.13. The Labute approximate surface area is 206 Å². The van der Waals surface area contributed by atoms with Crippen LogP contribution in [-0.4, -0.2) is 40.5 Å². The highest BCUT2D eigenvalue weighted by molar-refractivity contribution is 6.01. The maximum absolute atomic E-state index is 13.3. The van der Waals surface area contributed by atoms with Gasteiger partial charge in [0.05, 0.1) is 12.0 Å². The molecule has 1 aromatic rings. The van der Waals surface area contributed by atoms with Crippen LogP contribution in [0.3, 0.4) is 0 Å². The number of aliphatic hydroxyl groups excluding tert-OH is 2. The van der Waals surface area contributed by atoms with Gasteiger partial charge in [0.15, 0.2) is 11.6 Å². The Morgan fingerprint density at radius 2 is 1.91 bits per heavy atom. The lowest BCUT2D eigenvalue weighted by atomic mass is 9.46. The number of hydrogen-bond acceptors (Lipinski definition) is 6. The quantitative estimate of drug-likeness (QED) is 0.629. The van der Waals surface area contributed by atoms with Gasteiger partial charge in [-0.25, -0.2) is 0 Å². The van der Waals surface area contributed by atoms with Gasteiger partial charge in [0.1, 0.15) is 13.2 Å². The third kappa shape index (κ3) is 3.82. The van der Waals surface area contributed by atoms with Gasteiger partial charge in [-0.15, -0.1) is 0 Å². The Bertz CT molecular complexity index is 1090. The second kappa shape index (κ2) is 8.82. The predicted molar refractivity (Wildman–Crippen MR) is 129 cm³/mol. The van der Waals surface area contributed by atoms with Gasteiger partial charge in [-0.3, -0.25) is 14.4 Å². The normalized spacial score (nSPS) is 39.8. The van der Waals surface area contributed by atoms with Gasteiger partial charge in [-0.1, -0.05) is 55.8 Å². The lowest BCUT2D eigenvalue weighted by molar-refractivity contribution is -0.157. The van der Waals surface area contributed by atoms with Crippen molar-refractivity contribution in [2.45, 2.75) is 52.2 Å². The first-order valence-electron chi connectivity index (χ1n) is 12.7. The molecule has 1 aromatic carbocycles. The van der Waals surface area contributed by atoms with Crippen LogP contribution in [0.2, 0.25) is 0 Å². The van der Waals surface area contributed by atoms with Gasteiger partial charge in [0.2, 0.25) is 0 Å². The van der Waals surface area contributed by atoms with Gasteiger partial charge in [0, 0.05) is 17.3 Å². The van der Waals surface area contributed by atoms with Crippen molar-refractivity contribution in [3.63, 3.8) is 0 Å². The molecule has 6 heteroatoms. The highest BCUT2D eigenvalue weighted by Gasteiger charge is 2.66. The van der Waals surface area contributed by atoms with Gasteiger partial charge >= 0.3 is 5.97 Å². The fraction of sp³-hybridized carbons (Fsp3) is 0.552. The maximum atomic E-state index is 13.3. The minimum atomic E-state index is -0.690. The van der Waals surface area contributed by atoms with E-state index in [0.29, 0.717) is 12.8 Å². The molecule has 0 spiro atoms. The zero-order valence-corrected chi connectivity index (χ0v) is 20.4. The van der Waals surface area contributed by atoms with Crippen molar-refractivity contribution in [3.8, 4) is 0 Å². The van der Waals surface area contributed by atoms with Gasteiger partial charge in [-0.05, 0) is 60.6 Å². The van der Waals surface area contributed by atoms with Gasteiger partial charge in [0.25, 0.3) is 0 Å². The Morgan fingerprint density at radius 1 is 1.17 bits per heavy atom. The monoisotopic (exact) mass is 478 g/mol. The maximum Gasteiger partial charge on any atom is 0.310 e. The molecule has 2 N–H and O–H groups in total. The predicted octanol–water partition coefficient (Wildman–Crippen LogP) is 3.41. The summed E-state index contributed by atoms with van der Waals surface area (Å²) in [5.74, 6) is -2.06. The number of rotatable bonds is 5. The number of benzene rings is 1.